The summed E-state index contributed by atoms with van der Waals surface area (Å²) >= 11 is 0. The van der Waals surface area contributed by atoms with Gasteiger partial charge in [0.2, 0.25) is 0 Å². The molecule has 0 spiro atoms. The van der Waals surface area contributed by atoms with E-state index in [1.807, 2.05) is 133 Å². The minimum absolute atomic E-state index is 0.183. The van der Waals surface area contributed by atoms with E-state index in [1.165, 1.54) is 16.7 Å². The van der Waals surface area contributed by atoms with Crippen LogP contribution in [0, 0.1) is 45.3 Å². The van der Waals surface area contributed by atoms with Crippen molar-refractivity contribution in [3.8, 4) is 103 Å². The maximum atomic E-state index is 10.9. The summed E-state index contributed by atoms with van der Waals surface area (Å²) in [6.45, 7) is 9.13. The molecule has 18 rings (SSSR count). The van der Waals surface area contributed by atoms with Gasteiger partial charge < -0.3 is 29.1 Å². The van der Waals surface area contributed by atoms with Gasteiger partial charge in [-0.15, -0.1) is 0 Å². The molecule has 0 aromatic heterocycles. The molecule has 14 aromatic carbocycles. The van der Waals surface area contributed by atoms with E-state index in [9.17, 15) is 21.0 Å². The second-order valence-corrected chi connectivity index (χ2v) is 27.7. The van der Waals surface area contributed by atoms with Crippen LogP contribution in [0.1, 0.15) is 72.2 Å². The summed E-state index contributed by atoms with van der Waals surface area (Å²) in [6, 6.07) is 113. The lowest BCUT2D eigenvalue weighted by atomic mass is 9.73. The molecule has 0 unspecified atom stereocenters. The Morgan fingerprint density at radius 3 is 0.808 bits per heavy atom. The molecule has 0 aliphatic carbocycles. The third-order valence-electron chi connectivity index (χ3n) is 21.2. The van der Waals surface area contributed by atoms with E-state index in [0.717, 1.165) is 119 Å². The third-order valence-corrected chi connectivity index (χ3v) is 21.2. The molecule has 0 fully saturated rings. The maximum Gasteiger partial charge on any atom is 0.151 e. The number of benzene rings is 14. The molecule has 10 nitrogen and oxygen atoms in total. The van der Waals surface area contributed by atoms with Gasteiger partial charge >= 0.3 is 0 Å². The SMILES string of the molecule is CC1(C)c2ccccc2N(c2ccc(-c3cc(C#N)c(-c4ccc(N5c6ccccc6C(C)(C)c6ccc(-c7ccc8c(c7)N(c7ccc(-c9cc(C#N)c(-c%10ccc(N%11c%12ccccc%12Oc%12ccccc%12%11)cc%10)cc9C#N)cc7)c7ccccc7O8)cc65)cc4)cc3C#N)cc2)c2ccccc21. The van der Waals surface area contributed by atoms with Crippen molar-refractivity contribution in [2.24, 2.45) is 0 Å². The number of nitriles is 4. The number of hydrogen-bond donors (Lipinski definition) is 0. The van der Waals surface area contributed by atoms with Crippen molar-refractivity contribution in [2.45, 2.75) is 38.5 Å². The van der Waals surface area contributed by atoms with Gasteiger partial charge in [0.25, 0.3) is 0 Å². The lowest BCUT2D eigenvalue weighted by Crippen LogP contribution is -2.30. The summed E-state index contributed by atoms with van der Waals surface area (Å²) in [7, 11) is 0. The van der Waals surface area contributed by atoms with Crippen LogP contribution in [0.25, 0.3) is 55.6 Å². The van der Waals surface area contributed by atoms with Crippen LogP contribution in [-0.4, -0.2) is 0 Å². The van der Waals surface area contributed by atoms with E-state index in [0.29, 0.717) is 56.0 Å². The number of para-hydroxylation sites is 9. The number of nitrogens with zero attached hydrogens (tertiary/aromatic N) is 8. The normalized spacial score (nSPS) is 13.6. The first-order valence-corrected chi connectivity index (χ1v) is 34.7. The first-order chi connectivity index (χ1) is 50.9. The molecule has 0 atom stereocenters. The fourth-order valence-electron chi connectivity index (χ4n) is 16.0. The van der Waals surface area contributed by atoms with Crippen LogP contribution in [-0.2, 0) is 10.8 Å². The lowest BCUT2D eigenvalue weighted by molar-refractivity contribution is 0.477. The first-order valence-electron chi connectivity index (χ1n) is 34.7. The molecule has 0 saturated heterocycles. The maximum absolute atomic E-state index is 10.9. The van der Waals surface area contributed by atoms with E-state index in [4.69, 9.17) is 9.47 Å². The van der Waals surface area contributed by atoms with Gasteiger partial charge in [-0.25, -0.2) is 0 Å². The Morgan fingerprint density at radius 2 is 0.471 bits per heavy atom. The van der Waals surface area contributed by atoms with E-state index in [2.05, 4.69) is 241 Å². The average Bonchev–Trinajstić information content (AvgIpc) is 0.727. The van der Waals surface area contributed by atoms with Crippen LogP contribution in [0.4, 0.5) is 68.2 Å². The highest BCUT2D eigenvalue weighted by Gasteiger charge is 2.39. The zero-order chi connectivity index (χ0) is 70.5. The molecular weight excluding hydrogens is 1270 g/mol. The number of rotatable bonds is 9. The molecule has 0 bridgehead atoms. The fourth-order valence-corrected chi connectivity index (χ4v) is 16.0. The molecular formula is C94H62N8O2. The molecule has 4 aliphatic rings. The van der Waals surface area contributed by atoms with Gasteiger partial charge in [0.05, 0.1) is 92.0 Å². The van der Waals surface area contributed by atoms with Gasteiger partial charge in [0, 0.05) is 55.8 Å². The first kappa shape index (κ1) is 62.1. The monoisotopic (exact) mass is 1330 g/mol. The summed E-state index contributed by atoms with van der Waals surface area (Å²) in [5, 5.41) is 43.3. The van der Waals surface area contributed by atoms with Crippen molar-refractivity contribution in [3.63, 3.8) is 0 Å². The molecule has 104 heavy (non-hydrogen) atoms. The van der Waals surface area contributed by atoms with Gasteiger partial charge in [-0.3, -0.25) is 0 Å². The van der Waals surface area contributed by atoms with Crippen LogP contribution in [0.5, 0.6) is 23.0 Å². The smallest absolute Gasteiger partial charge is 0.151 e. The predicted octanol–water partition coefficient (Wildman–Crippen LogP) is 24.9. The second-order valence-electron chi connectivity index (χ2n) is 27.7. The zero-order valence-corrected chi connectivity index (χ0v) is 57.3. The van der Waals surface area contributed by atoms with Crippen molar-refractivity contribution in [2.75, 3.05) is 19.6 Å². The van der Waals surface area contributed by atoms with Gasteiger partial charge in [-0.1, -0.05) is 185 Å². The zero-order valence-electron chi connectivity index (χ0n) is 57.3. The van der Waals surface area contributed by atoms with Crippen molar-refractivity contribution in [1.82, 2.24) is 0 Å². The Morgan fingerprint density at radius 1 is 0.231 bits per heavy atom. The van der Waals surface area contributed by atoms with Crippen molar-refractivity contribution in [1.29, 1.82) is 21.0 Å². The van der Waals surface area contributed by atoms with Crippen LogP contribution in [0.3, 0.4) is 0 Å². The second kappa shape index (κ2) is 24.3. The molecule has 0 N–H and O–H groups in total. The highest BCUT2D eigenvalue weighted by molar-refractivity contribution is 5.95. The van der Waals surface area contributed by atoms with Crippen LogP contribution >= 0.6 is 0 Å². The molecule has 10 heteroatoms. The molecule has 490 valence electrons. The standard InChI is InChI=1S/C94H62N8O2/c1-93(2)77-17-5-8-20-81(77)99(82-21-9-6-18-78(82)93)69-39-29-59(30-40-69)73-49-66(56-96)74(50-65(73)55-95)60-31-41-70(42-32-60)100-83-22-10-7-19-79(83)94(3,4)80-47-37-63(53-87(80)100)64-38-48-92-88(54-64)102(86-25-13-16-28-91(86)104-92)72-45-35-62(36-46-72)76-52-67(57-97)75(51-68(76)58-98)61-33-43-71(44-34-61)101-84-23-11-14-26-89(84)103-90-27-15-12-24-85(90)101/h5-54H,1-4H3. The molecule has 0 radical (unpaired) electrons. The summed E-state index contributed by atoms with van der Waals surface area (Å²) in [4.78, 5) is 9.04. The minimum atomic E-state index is -0.360. The largest absolute Gasteiger partial charge is 0.453 e. The Bertz CT molecular complexity index is 5970. The van der Waals surface area contributed by atoms with E-state index in [1.54, 1.807) is 0 Å². The summed E-state index contributed by atoms with van der Waals surface area (Å²) in [5.41, 5.74) is 25.8. The van der Waals surface area contributed by atoms with E-state index < -0.39 is 0 Å². The van der Waals surface area contributed by atoms with Crippen molar-refractivity contribution < 1.29 is 9.47 Å². The lowest BCUT2D eigenvalue weighted by Gasteiger charge is -2.42. The Balaban J connectivity index is 0.650. The predicted molar refractivity (Wildman–Crippen MR) is 416 cm³/mol. The molecule has 0 saturated carbocycles. The Labute approximate surface area is 604 Å². The third kappa shape index (κ3) is 9.96. The van der Waals surface area contributed by atoms with Gasteiger partial charge in [-0.05, 0) is 201 Å². The Hall–Kier alpha value is -14.2. The quantitative estimate of drug-likeness (QED) is 0.138. The molecule has 4 aliphatic heterocycles. The van der Waals surface area contributed by atoms with Crippen LogP contribution in [0.15, 0.2) is 303 Å². The van der Waals surface area contributed by atoms with Crippen molar-refractivity contribution in [3.05, 3.63) is 348 Å². The highest BCUT2D eigenvalue weighted by atomic mass is 16.5. The van der Waals surface area contributed by atoms with Crippen LogP contribution < -0.4 is 29.1 Å². The summed E-state index contributed by atoms with van der Waals surface area (Å²) in [6.07, 6.45) is 0. The fraction of sp³-hybridized carbons (Fsp3) is 0.0638. The number of hydrogen-bond acceptors (Lipinski definition) is 10. The van der Waals surface area contributed by atoms with Gasteiger partial charge in [0.1, 0.15) is 0 Å². The number of anilines is 12. The summed E-state index contributed by atoms with van der Waals surface area (Å²) in [5.74, 6) is 2.93. The molecule has 4 heterocycles. The average molecular weight is 1340 g/mol. The molecule has 14 aromatic rings. The van der Waals surface area contributed by atoms with Crippen molar-refractivity contribution >= 4 is 68.2 Å². The molecule has 0 amide bonds. The van der Waals surface area contributed by atoms with E-state index in [-0.39, 0.29) is 10.8 Å². The minimum Gasteiger partial charge on any atom is -0.453 e. The Kier molecular flexibility index (Phi) is 14.5. The summed E-state index contributed by atoms with van der Waals surface area (Å²) < 4.78 is 13.0. The van der Waals surface area contributed by atoms with E-state index >= 15 is 0 Å². The van der Waals surface area contributed by atoms with Gasteiger partial charge in [0.15, 0.2) is 23.0 Å². The van der Waals surface area contributed by atoms with Crippen LogP contribution in [0.2, 0.25) is 0 Å². The highest BCUT2D eigenvalue weighted by Crippen LogP contribution is 2.57. The number of ether oxygens (including phenoxy) is 2. The van der Waals surface area contributed by atoms with Gasteiger partial charge in [-0.2, -0.15) is 21.0 Å². The number of fused-ring (bicyclic) bond motifs is 8. The topological polar surface area (TPSA) is 127 Å².